The number of carbonyl (C=O) groups excluding carboxylic acids is 1. The zero-order valence-corrected chi connectivity index (χ0v) is 12.9. The van der Waals surface area contributed by atoms with Gasteiger partial charge in [0.1, 0.15) is 0 Å². The highest BCUT2D eigenvalue weighted by atomic mass is 35.5. The molecule has 1 amide bonds. The van der Waals surface area contributed by atoms with Crippen LogP contribution >= 0.6 is 11.6 Å². The first-order valence-corrected chi connectivity index (χ1v) is 7.17. The number of carboxylic acids is 1. The lowest BCUT2D eigenvalue weighted by Crippen LogP contribution is -2.50. The van der Waals surface area contributed by atoms with Crippen LogP contribution in [0.3, 0.4) is 0 Å². The van der Waals surface area contributed by atoms with Gasteiger partial charge in [-0.05, 0) is 18.2 Å². The van der Waals surface area contributed by atoms with Gasteiger partial charge in [-0.25, -0.2) is 0 Å². The summed E-state index contributed by atoms with van der Waals surface area (Å²) in [6, 6.07) is 5.11. The Balaban J connectivity index is 2.00. The van der Waals surface area contributed by atoms with Crippen LogP contribution in [0.2, 0.25) is 5.02 Å². The van der Waals surface area contributed by atoms with Gasteiger partial charge in [-0.1, -0.05) is 11.6 Å². The van der Waals surface area contributed by atoms with Crippen LogP contribution in [0.25, 0.3) is 11.0 Å². The fourth-order valence-electron chi connectivity index (χ4n) is 2.49. The van der Waals surface area contributed by atoms with Crippen molar-refractivity contribution in [1.82, 2.24) is 4.90 Å². The minimum absolute atomic E-state index is 0.231. The van der Waals surface area contributed by atoms with E-state index in [9.17, 15) is 9.59 Å². The summed E-state index contributed by atoms with van der Waals surface area (Å²) in [5.74, 6) is -1.19. The van der Waals surface area contributed by atoms with Gasteiger partial charge in [0, 0.05) is 37.6 Å². The molecule has 0 saturated carbocycles. The third-order valence-electron chi connectivity index (χ3n) is 3.75. The molecule has 0 unspecified atom stereocenters. The van der Waals surface area contributed by atoms with Crippen LogP contribution in [-0.2, 0) is 4.79 Å². The molecule has 2 heterocycles. The highest BCUT2D eigenvalue weighted by molar-refractivity contribution is 6.32. The average molecular weight is 323 g/mol. The van der Waals surface area contributed by atoms with Gasteiger partial charge in [0.25, 0.3) is 5.91 Å². The number of amides is 1. The molecular weight excluding hydrogens is 308 g/mol. The Bertz CT molecular complexity index is 762. The van der Waals surface area contributed by atoms with Crippen LogP contribution in [0.5, 0.6) is 0 Å². The summed E-state index contributed by atoms with van der Waals surface area (Å²) in [5.41, 5.74) is 1.27. The van der Waals surface area contributed by atoms with Gasteiger partial charge in [-0.2, -0.15) is 0 Å². The van der Waals surface area contributed by atoms with E-state index in [2.05, 4.69) is 0 Å². The Morgan fingerprint density at radius 1 is 1.32 bits per heavy atom. The topological polar surface area (TPSA) is 74.0 Å². The summed E-state index contributed by atoms with van der Waals surface area (Å²) in [7, 11) is 3.30. The van der Waals surface area contributed by atoms with Gasteiger partial charge in [-0.15, -0.1) is 0 Å². The molecule has 1 fully saturated rings. The average Bonchev–Trinajstić information content (AvgIpc) is 2.78. The van der Waals surface area contributed by atoms with Gasteiger partial charge in [-0.3, -0.25) is 9.59 Å². The second kappa shape index (κ2) is 5.21. The van der Waals surface area contributed by atoms with E-state index in [-0.39, 0.29) is 17.6 Å². The molecule has 1 aromatic carbocycles. The molecule has 7 heteroatoms. The second-order valence-electron chi connectivity index (χ2n) is 5.59. The highest BCUT2D eigenvalue weighted by Gasteiger charge is 2.34. The summed E-state index contributed by atoms with van der Waals surface area (Å²) >= 11 is 6.12. The molecule has 1 aromatic heterocycles. The summed E-state index contributed by atoms with van der Waals surface area (Å²) in [4.78, 5) is 26.3. The molecule has 0 spiro atoms. The van der Waals surface area contributed by atoms with Crippen LogP contribution < -0.4 is 4.90 Å². The number of carboxylic acid groups (broad SMARTS) is 1. The molecule has 1 aliphatic rings. The van der Waals surface area contributed by atoms with Crippen molar-refractivity contribution >= 4 is 40.1 Å². The lowest BCUT2D eigenvalue weighted by atomic mass is 9.99. The quantitative estimate of drug-likeness (QED) is 0.938. The maximum atomic E-state index is 12.0. The summed E-state index contributed by atoms with van der Waals surface area (Å²) in [6.45, 7) is 0.810. The molecular formula is C15H15ClN2O4. The molecule has 2 aromatic rings. The van der Waals surface area contributed by atoms with Crippen LogP contribution in [0.4, 0.5) is 5.69 Å². The molecule has 1 aliphatic heterocycles. The lowest BCUT2D eigenvalue weighted by molar-refractivity contribution is -0.142. The van der Waals surface area contributed by atoms with E-state index in [1.807, 2.05) is 4.90 Å². The third kappa shape index (κ3) is 2.39. The van der Waals surface area contributed by atoms with Crippen LogP contribution in [-0.4, -0.2) is 49.1 Å². The number of nitrogens with zero attached hydrogens (tertiary/aromatic N) is 2. The smallest absolute Gasteiger partial charge is 0.310 e. The fraction of sp³-hybridized carbons (Fsp3) is 0.333. The maximum absolute atomic E-state index is 12.0. The second-order valence-corrected chi connectivity index (χ2v) is 6.03. The molecule has 22 heavy (non-hydrogen) atoms. The number of carbonyl (C=O) groups is 2. The minimum atomic E-state index is -0.808. The number of benzene rings is 1. The largest absolute Gasteiger partial charge is 0.481 e. The van der Waals surface area contributed by atoms with Gasteiger partial charge < -0.3 is 19.3 Å². The molecule has 1 saturated heterocycles. The normalized spacial score (nSPS) is 15.0. The third-order valence-corrected chi connectivity index (χ3v) is 3.97. The first-order chi connectivity index (χ1) is 10.4. The van der Waals surface area contributed by atoms with E-state index < -0.39 is 5.97 Å². The van der Waals surface area contributed by atoms with Crippen molar-refractivity contribution in [2.75, 3.05) is 32.1 Å². The zero-order valence-electron chi connectivity index (χ0n) is 12.2. The monoisotopic (exact) mass is 322 g/mol. The predicted molar refractivity (Wildman–Crippen MR) is 82.6 cm³/mol. The maximum Gasteiger partial charge on any atom is 0.310 e. The Hall–Kier alpha value is -2.21. The number of hydrogen-bond acceptors (Lipinski definition) is 4. The number of hydrogen-bond donors (Lipinski definition) is 1. The number of halogens is 1. The van der Waals surface area contributed by atoms with Crippen molar-refractivity contribution in [3.05, 3.63) is 29.0 Å². The van der Waals surface area contributed by atoms with E-state index in [4.69, 9.17) is 21.1 Å². The molecule has 116 valence electrons. The predicted octanol–water partition coefficient (Wildman–Crippen LogP) is 2.31. The van der Waals surface area contributed by atoms with Crippen LogP contribution in [0.1, 0.15) is 10.6 Å². The Morgan fingerprint density at radius 3 is 2.59 bits per heavy atom. The van der Waals surface area contributed by atoms with E-state index in [1.54, 1.807) is 32.3 Å². The molecule has 0 bridgehead atoms. The zero-order chi connectivity index (χ0) is 16.0. The highest BCUT2D eigenvalue weighted by Crippen LogP contribution is 2.36. The van der Waals surface area contributed by atoms with E-state index in [0.29, 0.717) is 23.7 Å². The Kier molecular flexibility index (Phi) is 3.48. The fourth-order valence-corrected chi connectivity index (χ4v) is 2.71. The van der Waals surface area contributed by atoms with Gasteiger partial charge in [0.2, 0.25) is 0 Å². The van der Waals surface area contributed by atoms with Crippen LogP contribution in [0, 0.1) is 5.92 Å². The molecule has 0 aliphatic carbocycles. The van der Waals surface area contributed by atoms with Crippen molar-refractivity contribution in [3.63, 3.8) is 0 Å². The summed E-state index contributed by atoms with van der Waals surface area (Å²) in [6.07, 6.45) is 0. The minimum Gasteiger partial charge on any atom is -0.481 e. The van der Waals surface area contributed by atoms with Gasteiger partial charge >= 0.3 is 5.97 Å². The number of fused-ring (bicyclic) bond motifs is 1. The first-order valence-electron chi connectivity index (χ1n) is 6.79. The first kappa shape index (κ1) is 14.7. The van der Waals surface area contributed by atoms with Gasteiger partial charge in [0.05, 0.1) is 11.6 Å². The molecule has 1 N–H and O–H groups in total. The van der Waals surface area contributed by atoms with E-state index in [0.717, 1.165) is 11.1 Å². The number of furan rings is 1. The van der Waals surface area contributed by atoms with Crippen LogP contribution in [0.15, 0.2) is 22.6 Å². The SMILES string of the molecule is CN(C)C(=O)c1cc2cc(Cl)cc(N3CC(C(=O)O)C3)c2o1. The number of rotatable bonds is 3. The Morgan fingerprint density at radius 2 is 2.00 bits per heavy atom. The number of aliphatic carboxylic acids is 1. The van der Waals surface area contributed by atoms with Gasteiger partial charge in [0.15, 0.2) is 11.3 Å². The molecule has 3 rings (SSSR count). The summed E-state index contributed by atoms with van der Waals surface area (Å²) in [5, 5.41) is 10.2. The molecule has 0 atom stereocenters. The summed E-state index contributed by atoms with van der Waals surface area (Å²) < 4.78 is 5.69. The Labute approximate surface area is 131 Å². The standard InChI is InChI=1S/C15H15ClN2O4/c1-17(2)14(19)12-4-8-3-10(16)5-11(13(8)22-12)18-6-9(7-18)15(20)21/h3-5,9H,6-7H2,1-2H3,(H,20,21). The van der Waals surface area contributed by atoms with Crippen molar-refractivity contribution in [2.24, 2.45) is 5.92 Å². The van der Waals surface area contributed by atoms with E-state index >= 15 is 0 Å². The molecule has 6 nitrogen and oxygen atoms in total. The molecule has 0 radical (unpaired) electrons. The van der Waals surface area contributed by atoms with Crippen molar-refractivity contribution in [3.8, 4) is 0 Å². The van der Waals surface area contributed by atoms with Crippen molar-refractivity contribution in [1.29, 1.82) is 0 Å². The number of anilines is 1. The van der Waals surface area contributed by atoms with Crippen molar-refractivity contribution < 1.29 is 19.1 Å². The van der Waals surface area contributed by atoms with E-state index in [1.165, 1.54) is 4.90 Å². The van der Waals surface area contributed by atoms with Crippen molar-refractivity contribution in [2.45, 2.75) is 0 Å². The lowest BCUT2D eigenvalue weighted by Gasteiger charge is -2.38.